The van der Waals surface area contributed by atoms with Crippen LogP contribution in [0.25, 0.3) is 12.2 Å². The smallest absolute Gasteiger partial charge is 0.188 e. The predicted molar refractivity (Wildman–Crippen MR) is 130 cm³/mol. The summed E-state index contributed by atoms with van der Waals surface area (Å²) in [6.45, 7) is 9.86. The number of aromatic hydroxyl groups is 1. The van der Waals surface area contributed by atoms with Crippen molar-refractivity contribution in [2.45, 2.75) is 27.2 Å². The van der Waals surface area contributed by atoms with E-state index in [1.54, 1.807) is 23.5 Å². The highest BCUT2D eigenvalue weighted by Crippen LogP contribution is 2.25. The van der Waals surface area contributed by atoms with Gasteiger partial charge in [0, 0.05) is 36.8 Å². The van der Waals surface area contributed by atoms with E-state index in [0.29, 0.717) is 0 Å². The molecule has 7 nitrogen and oxygen atoms in total. The lowest BCUT2D eigenvalue weighted by Crippen LogP contribution is -2.28. The normalized spacial score (nSPS) is 14.1. The first kappa shape index (κ1) is 22.7. The Morgan fingerprint density at radius 3 is 2.84 bits per heavy atom. The summed E-state index contributed by atoms with van der Waals surface area (Å²) in [4.78, 5) is 16.9. The monoisotopic (exact) mass is 438 g/mol. The molecule has 0 saturated carbocycles. The zero-order chi connectivity index (χ0) is 22.1. The molecule has 0 radical (unpaired) electrons. The van der Waals surface area contributed by atoms with Gasteiger partial charge in [0.1, 0.15) is 23.2 Å². The lowest BCUT2D eigenvalue weighted by molar-refractivity contribution is 0.475. The molecular formula is C23H30N6OS. The molecule has 0 spiro atoms. The molecule has 0 unspecified atom stereocenters. The molecule has 4 rings (SSSR count). The molecular weight excluding hydrogens is 408 g/mol. The zero-order valence-corrected chi connectivity index (χ0v) is 19.1. The fourth-order valence-corrected chi connectivity index (χ4v) is 3.92. The maximum absolute atomic E-state index is 9.56. The molecule has 8 heteroatoms. The lowest BCUT2D eigenvalue weighted by Gasteiger charge is -2.21. The second-order valence-electron chi connectivity index (χ2n) is 6.87. The van der Waals surface area contributed by atoms with Crippen LogP contribution < -0.4 is 15.5 Å². The van der Waals surface area contributed by atoms with Gasteiger partial charge in [0.05, 0.1) is 0 Å². The standard InChI is InChI=1S/C21H24N6OS.C2H6/c1-15-24-19(13-20(25-15)27-10-3-8-22-9-11-27)26-21-23-14-18(29-21)7-6-16-4-2-5-17(28)12-16;1-2/h2,4-7,12-14,22,28H,3,8-11H2,1H3,(H,23,24,25,26);1-2H3/b7-6+;. The molecule has 3 heterocycles. The van der Waals surface area contributed by atoms with Crippen molar-refractivity contribution >= 4 is 40.3 Å². The maximum Gasteiger partial charge on any atom is 0.188 e. The van der Waals surface area contributed by atoms with E-state index in [1.165, 1.54) is 0 Å². The summed E-state index contributed by atoms with van der Waals surface area (Å²) in [6, 6.07) is 9.14. The highest BCUT2D eigenvalue weighted by Gasteiger charge is 2.13. The molecule has 3 N–H and O–H groups in total. The number of anilines is 3. The third-order valence-corrected chi connectivity index (χ3v) is 5.44. The highest BCUT2D eigenvalue weighted by molar-refractivity contribution is 7.16. The second-order valence-corrected chi connectivity index (χ2v) is 7.93. The van der Waals surface area contributed by atoms with Crippen molar-refractivity contribution in [3.63, 3.8) is 0 Å². The quantitative estimate of drug-likeness (QED) is 0.533. The third kappa shape index (κ3) is 6.77. The number of hydrogen-bond donors (Lipinski definition) is 3. The number of nitrogens with zero attached hydrogens (tertiary/aromatic N) is 4. The van der Waals surface area contributed by atoms with Crippen LogP contribution in [0.1, 0.15) is 36.5 Å². The molecule has 0 amide bonds. The van der Waals surface area contributed by atoms with Crippen molar-refractivity contribution in [2.24, 2.45) is 0 Å². The summed E-state index contributed by atoms with van der Waals surface area (Å²) in [5, 5.41) is 17.1. The third-order valence-electron chi connectivity index (χ3n) is 4.56. The largest absolute Gasteiger partial charge is 0.508 e. The Hall–Kier alpha value is -2.97. The number of benzene rings is 1. The first-order chi connectivity index (χ1) is 15.2. The Morgan fingerprint density at radius 1 is 1.13 bits per heavy atom. The molecule has 0 bridgehead atoms. The Morgan fingerprint density at radius 2 is 2.00 bits per heavy atom. The number of thiazole rings is 1. The molecule has 31 heavy (non-hydrogen) atoms. The van der Waals surface area contributed by atoms with E-state index in [4.69, 9.17) is 0 Å². The van der Waals surface area contributed by atoms with Crippen molar-refractivity contribution in [3.05, 3.63) is 52.8 Å². The van der Waals surface area contributed by atoms with E-state index < -0.39 is 0 Å². The van der Waals surface area contributed by atoms with Gasteiger partial charge in [-0.1, -0.05) is 43.4 Å². The predicted octanol–water partition coefficient (Wildman–Crippen LogP) is 4.69. The van der Waals surface area contributed by atoms with Crippen LogP contribution >= 0.6 is 11.3 Å². The van der Waals surface area contributed by atoms with E-state index in [-0.39, 0.29) is 5.75 Å². The second kappa shape index (κ2) is 11.4. The summed E-state index contributed by atoms with van der Waals surface area (Å²) in [6.07, 6.45) is 6.87. The topological polar surface area (TPSA) is 86.2 Å². The molecule has 1 aromatic carbocycles. The van der Waals surface area contributed by atoms with E-state index in [1.807, 2.05) is 57.3 Å². The number of phenolic OH excluding ortho intramolecular Hbond substituents is 1. The minimum absolute atomic E-state index is 0.258. The number of aromatic nitrogens is 3. The van der Waals surface area contributed by atoms with Crippen LogP contribution in [0.3, 0.4) is 0 Å². The Bertz CT molecular complexity index is 995. The summed E-state index contributed by atoms with van der Waals surface area (Å²) in [7, 11) is 0. The van der Waals surface area contributed by atoms with Gasteiger partial charge in [0.25, 0.3) is 0 Å². The zero-order valence-electron chi connectivity index (χ0n) is 18.3. The van der Waals surface area contributed by atoms with Crippen LogP contribution in [0.4, 0.5) is 16.8 Å². The summed E-state index contributed by atoms with van der Waals surface area (Å²) < 4.78 is 0. The van der Waals surface area contributed by atoms with Crippen LogP contribution in [0.2, 0.25) is 0 Å². The van der Waals surface area contributed by atoms with Crippen molar-refractivity contribution in [1.82, 2.24) is 20.3 Å². The van der Waals surface area contributed by atoms with Gasteiger partial charge in [-0.2, -0.15) is 0 Å². The molecule has 1 aliphatic heterocycles. The number of rotatable bonds is 5. The minimum atomic E-state index is 0.258. The average Bonchev–Trinajstić information content (AvgIpc) is 3.03. The van der Waals surface area contributed by atoms with Gasteiger partial charge in [0.2, 0.25) is 0 Å². The Balaban J connectivity index is 0.00000132. The molecule has 1 fully saturated rings. The van der Waals surface area contributed by atoms with Gasteiger partial charge in [-0.05, 0) is 43.7 Å². The van der Waals surface area contributed by atoms with Crippen molar-refractivity contribution in [1.29, 1.82) is 0 Å². The fraction of sp³-hybridized carbons (Fsp3) is 0.348. The van der Waals surface area contributed by atoms with Gasteiger partial charge in [-0.25, -0.2) is 15.0 Å². The molecule has 3 aromatic rings. The molecule has 164 valence electrons. The molecule has 1 saturated heterocycles. The molecule has 1 aliphatic rings. The fourth-order valence-electron chi connectivity index (χ4n) is 3.19. The van der Waals surface area contributed by atoms with Crippen LogP contribution in [-0.4, -0.2) is 46.2 Å². The lowest BCUT2D eigenvalue weighted by atomic mass is 10.2. The SMILES string of the molecule is CC.Cc1nc(Nc2ncc(/C=C/c3cccc(O)c3)s2)cc(N2CCCNCC2)n1. The van der Waals surface area contributed by atoms with Gasteiger partial charge in [-0.3, -0.25) is 0 Å². The number of aryl methyl sites for hydroxylation is 1. The molecule has 0 atom stereocenters. The summed E-state index contributed by atoms with van der Waals surface area (Å²) >= 11 is 1.55. The minimum Gasteiger partial charge on any atom is -0.508 e. The van der Waals surface area contributed by atoms with Crippen LogP contribution in [0, 0.1) is 6.92 Å². The van der Waals surface area contributed by atoms with E-state index >= 15 is 0 Å². The van der Waals surface area contributed by atoms with Crippen molar-refractivity contribution < 1.29 is 5.11 Å². The summed E-state index contributed by atoms with van der Waals surface area (Å²) in [5.41, 5.74) is 0.941. The Labute approximate surface area is 187 Å². The van der Waals surface area contributed by atoms with Crippen LogP contribution in [-0.2, 0) is 0 Å². The van der Waals surface area contributed by atoms with E-state index in [9.17, 15) is 5.11 Å². The van der Waals surface area contributed by atoms with E-state index in [2.05, 4.69) is 30.5 Å². The maximum atomic E-state index is 9.56. The van der Waals surface area contributed by atoms with Crippen molar-refractivity contribution in [3.8, 4) is 5.75 Å². The van der Waals surface area contributed by atoms with Crippen molar-refractivity contribution in [2.75, 3.05) is 36.4 Å². The van der Waals surface area contributed by atoms with Gasteiger partial charge in [0.15, 0.2) is 5.13 Å². The molecule has 0 aliphatic carbocycles. The number of hydrogen-bond acceptors (Lipinski definition) is 8. The number of nitrogens with one attached hydrogen (secondary N) is 2. The average molecular weight is 439 g/mol. The van der Waals surface area contributed by atoms with Crippen LogP contribution in [0.5, 0.6) is 5.75 Å². The first-order valence-electron chi connectivity index (χ1n) is 10.7. The van der Waals surface area contributed by atoms with Crippen LogP contribution in [0.15, 0.2) is 36.5 Å². The van der Waals surface area contributed by atoms with Gasteiger partial charge >= 0.3 is 0 Å². The highest BCUT2D eigenvalue weighted by atomic mass is 32.1. The Kier molecular flexibility index (Phi) is 8.37. The number of phenols is 1. The van der Waals surface area contributed by atoms with E-state index in [0.717, 1.165) is 65.6 Å². The summed E-state index contributed by atoms with van der Waals surface area (Å²) in [5.74, 6) is 2.70. The molecule has 2 aromatic heterocycles. The van der Waals surface area contributed by atoms with Gasteiger partial charge in [-0.15, -0.1) is 0 Å². The first-order valence-corrected chi connectivity index (χ1v) is 11.5. The van der Waals surface area contributed by atoms with Gasteiger partial charge < -0.3 is 20.6 Å².